The van der Waals surface area contributed by atoms with Crippen molar-refractivity contribution in [2.45, 2.75) is 32.0 Å². The van der Waals surface area contributed by atoms with E-state index in [1.807, 2.05) is 48.0 Å². The second kappa shape index (κ2) is 8.97. The molecule has 0 saturated carbocycles. The normalized spacial score (nSPS) is 11.9. The molecule has 0 fully saturated rings. The Morgan fingerprint density at radius 3 is 2.79 bits per heavy atom. The van der Waals surface area contributed by atoms with E-state index in [0.717, 1.165) is 22.2 Å². The van der Waals surface area contributed by atoms with Crippen LogP contribution in [0.2, 0.25) is 0 Å². The van der Waals surface area contributed by atoms with Gasteiger partial charge in [0, 0.05) is 18.0 Å². The molecule has 0 aliphatic heterocycles. The van der Waals surface area contributed by atoms with Gasteiger partial charge in [-0.05, 0) is 44.0 Å². The van der Waals surface area contributed by atoms with Gasteiger partial charge in [-0.1, -0.05) is 42.1 Å². The Morgan fingerprint density at radius 1 is 1.21 bits per heavy atom. The highest BCUT2D eigenvalue weighted by Gasteiger charge is 2.15. The first kappa shape index (κ1) is 20.0. The summed E-state index contributed by atoms with van der Waals surface area (Å²) in [6.45, 7) is 6.15. The Morgan fingerprint density at radius 2 is 2.00 bits per heavy atom. The number of ether oxygens (including phenoxy) is 1. The van der Waals surface area contributed by atoms with Gasteiger partial charge < -0.3 is 10.1 Å². The molecule has 0 radical (unpaired) electrons. The molecule has 2 aromatic carbocycles. The maximum Gasteiger partial charge on any atom is 0.230 e. The molecule has 146 valence electrons. The van der Waals surface area contributed by atoms with E-state index in [4.69, 9.17) is 4.74 Å². The molecule has 0 spiro atoms. The Bertz CT molecular complexity index is 968. The van der Waals surface area contributed by atoms with Gasteiger partial charge in [0.25, 0.3) is 0 Å². The summed E-state index contributed by atoms with van der Waals surface area (Å²) < 4.78 is 7.41. The number of hydrogen-bond donors (Lipinski definition) is 1. The van der Waals surface area contributed by atoms with Gasteiger partial charge in [0.1, 0.15) is 5.75 Å². The van der Waals surface area contributed by atoms with Gasteiger partial charge in [-0.25, -0.2) is 4.98 Å². The maximum atomic E-state index is 12.5. The third kappa shape index (κ3) is 4.39. The van der Waals surface area contributed by atoms with E-state index in [-0.39, 0.29) is 11.9 Å². The molecule has 1 heterocycles. The van der Waals surface area contributed by atoms with E-state index in [1.165, 1.54) is 22.9 Å². The second-order valence-electron chi connectivity index (χ2n) is 6.62. The number of imidazole rings is 1. The predicted molar refractivity (Wildman–Crippen MR) is 113 cm³/mol. The van der Waals surface area contributed by atoms with Gasteiger partial charge in [0.2, 0.25) is 5.91 Å². The van der Waals surface area contributed by atoms with Crippen LogP contribution in [0.1, 0.15) is 29.7 Å². The van der Waals surface area contributed by atoms with E-state index in [1.54, 1.807) is 13.3 Å². The van der Waals surface area contributed by atoms with E-state index in [2.05, 4.69) is 36.3 Å². The number of nitrogens with one attached hydrogen (secondary N) is 1. The Hall–Kier alpha value is -2.73. The summed E-state index contributed by atoms with van der Waals surface area (Å²) in [5.74, 6) is 1.02. The van der Waals surface area contributed by atoms with Gasteiger partial charge >= 0.3 is 0 Å². The highest BCUT2D eigenvalue weighted by atomic mass is 32.2. The molecule has 0 bridgehead atoms. The number of aromatic nitrogens is 2. The minimum atomic E-state index is -0.136. The molecule has 3 aromatic rings. The zero-order chi connectivity index (χ0) is 20.1. The third-order valence-corrected chi connectivity index (χ3v) is 5.72. The van der Waals surface area contributed by atoms with Crippen LogP contribution in [0, 0.1) is 13.8 Å². The van der Waals surface area contributed by atoms with Crippen molar-refractivity contribution in [2.24, 2.45) is 0 Å². The van der Waals surface area contributed by atoms with Gasteiger partial charge in [-0.15, -0.1) is 0 Å². The number of benzene rings is 2. The molecular formula is C22H25N3O2S. The van der Waals surface area contributed by atoms with Crippen molar-refractivity contribution in [3.63, 3.8) is 0 Å². The third-order valence-electron chi connectivity index (χ3n) is 4.76. The molecule has 0 aliphatic rings. The molecule has 0 saturated heterocycles. The first-order chi connectivity index (χ1) is 13.5. The minimum Gasteiger partial charge on any atom is -0.496 e. The lowest BCUT2D eigenvalue weighted by atomic mass is 10.1. The zero-order valence-electron chi connectivity index (χ0n) is 16.6. The average Bonchev–Trinajstić information content (AvgIpc) is 3.16. The summed E-state index contributed by atoms with van der Waals surface area (Å²) in [5.41, 5.74) is 4.48. The number of nitrogens with zero attached hydrogens (tertiary/aromatic N) is 2. The SMILES string of the molecule is COc1ccccc1C(C)NC(=O)CSc1nccn1-c1cccc(C)c1C. The van der Waals surface area contributed by atoms with Crippen LogP contribution in [0.5, 0.6) is 5.75 Å². The predicted octanol–water partition coefficient (Wildman–Crippen LogP) is 4.47. The molecule has 6 heteroatoms. The molecule has 5 nitrogen and oxygen atoms in total. The minimum absolute atomic E-state index is 0.0427. The summed E-state index contributed by atoms with van der Waals surface area (Å²) in [6, 6.07) is 13.8. The Kier molecular flexibility index (Phi) is 6.41. The van der Waals surface area contributed by atoms with E-state index in [9.17, 15) is 4.79 Å². The number of aryl methyl sites for hydroxylation is 1. The van der Waals surface area contributed by atoms with Crippen molar-refractivity contribution >= 4 is 17.7 Å². The lowest BCUT2D eigenvalue weighted by molar-refractivity contribution is -0.119. The molecule has 1 atom stereocenters. The Balaban J connectivity index is 1.66. The van der Waals surface area contributed by atoms with E-state index < -0.39 is 0 Å². The average molecular weight is 396 g/mol. The van der Waals surface area contributed by atoms with Crippen LogP contribution >= 0.6 is 11.8 Å². The molecule has 3 rings (SSSR count). The number of hydrogen-bond acceptors (Lipinski definition) is 4. The van der Waals surface area contributed by atoms with Crippen LogP contribution in [-0.4, -0.2) is 28.3 Å². The topological polar surface area (TPSA) is 56.1 Å². The van der Waals surface area contributed by atoms with Crippen LogP contribution < -0.4 is 10.1 Å². The molecule has 1 aromatic heterocycles. The molecule has 1 unspecified atom stereocenters. The van der Waals surface area contributed by atoms with E-state index >= 15 is 0 Å². The second-order valence-corrected chi connectivity index (χ2v) is 7.56. The summed E-state index contributed by atoms with van der Waals surface area (Å²) in [4.78, 5) is 16.9. The van der Waals surface area contributed by atoms with E-state index in [0.29, 0.717) is 5.75 Å². The van der Waals surface area contributed by atoms with Crippen molar-refractivity contribution in [1.29, 1.82) is 0 Å². The number of para-hydroxylation sites is 1. The van der Waals surface area contributed by atoms with Crippen LogP contribution in [0.4, 0.5) is 0 Å². The molecule has 28 heavy (non-hydrogen) atoms. The molecular weight excluding hydrogens is 370 g/mol. The van der Waals surface area contributed by atoms with Crippen molar-refractivity contribution < 1.29 is 9.53 Å². The molecule has 1 N–H and O–H groups in total. The van der Waals surface area contributed by atoms with Crippen LogP contribution in [0.25, 0.3) is 5.69 Å². The number of methoxy groups -OCH3 is 1. The van der Waals surface area contributed by atoms with Gasteiger partial charge in [-0.2, -0.15) is 0 Å². The first-order valence-corrected chi connectivity index (χ1v) is 10.1. The lowest BCUT2D eigenvalue weighted by Crippen LogP contribution is -2.28. The first-order valence-electron chi connectivity index (χ1n) is 9.16. The summed E-state index contributed by atoms with van der Waals surface area (Å²) in [6.07, 6.45) is 3.69. The Labute approximate surface area is 170 Å². The van der Waals surface area contributed by atoms with Crippen molar-refractivity contribution in [3.05, 3.63) is 71.5 Å². The summed E-state index contributed by atoms with van der Waals surface area (Å²) >= 11 is 1.43. The highest BCUT2D eigenvalue weighted by Crippen LogP contribution is 2.26. The quantitative estimate of drug-likeness (QED) is 0.600. The fourth-order valence-electron chi connectivity index (χ4n) is 3.09. The largest absolute Gasteiger partial charge is 0.496 e. The fourth-order valence-corrected chi connectivity index (χ4v) is 3.87. The highest BCUT2D eigenvalue weighted by molar-refractivity contribution is 7.99. The van der Waals surface area contributed by atoms with Crippen molar-refractivity contribution in [2.75, 3.05) is 12.9 Å². The van der Waals surface area contributed by atoms with Crippen molar-refractivity contribution in [1.82, 2.24) is 14.9 Å². The van der Waals surface area contributed by atoms with Crippen molar-refractivity contribution in [3.8, 4) is 11.4 Å². The summed E-state index contributed by atoms with van der Waals surface area (Å²) in [7, 11) is 1.64. The number of amides is 1. The molecule has 0 aliphatic carbocycles. The fraction of sp³-hybridized carbons (Fsp3) is 0.273. The van der Waals surface area contributed by atoms with Gasteiger partial charge in [0.05, 0.1) is 24.6 Å². The number of thioether (sulfide) groups is 1. The van der Waals surface area contributed by atoms with Crippen LogP contribution in [0.15, 0.2) is 60.0 Å². The summed E-state index contributed by atoms with van der Waals surface area (Å²) in [5, 5.41) is 3.84. The van der Waals surface area contributed by atoms with Crippen LogP contribution in [-0.2, 0) is 4.79 Å². The standard InChI is InChI=1S/C22H25N3O2S/c1-15-8-7-10-19(16(15)2)25-13-12-23-22(25)28-14-21(26)24-17(3)18-9-5-6-11-20(18)27-4/h5-13,17H,14H2,1-4H3,(H,24,26). The monoisotopic (exact) mass is 395 g/mol. The zero-order valence-corrected chi connectivity index (χ0v) is 17.4. The van der Waals surface area contributed by atoms with Gasteiger partial charge in [0.15, 0.2) is 5.16 Å². The number of rotatable bonds is 7. The number of carbonyl (C=O) groups is 1. The molecule has 1 amide bonds. The number of carbonyl (C=O) groups excluding carboxylic acids is 1. The lowest BCUT2D eigenvalue weighted by Gasteiger charge is -2.17. The smallest absolute Gasteiger partial charge is 0.230 e. The van der Waals surface area contributed by atoms with Crippen LogP contribution in [0.3, 0.4) is 0 Å². The van der Waals surface area contributed by atoms with Gasteiger partial charge in [-0.3, -0.25) is 9.36 Å². The maximum absolute atomic E-state index is 12.5.